The largest absolute Gasteiger partial charge is 0.497 e. The van der Waals surface area contributed by atoms with Crippen molar-refractivity contribution in [2.45, 2.75) is 6.42 Å². The lowest BCUT2D eigenvalue weighted by molar-refractivity contribution is 0.151. The Kier molecular flexibility index (Phi) is 4.00. The number of benzene rings is 1. The molecule has 6 heteroatoms. The van der Waals surface area contributed by atoms with Crippen LogP contribution in [0.4, 0.5) is 4.79 Å². The lowest BCUT2D eigenvalue weighted by atomic mass is 10.1. The fourth-order valence-corrected chi connectivity index (χ4v) is 2.63. The van der Waals surface area contributed by atoms with Gasteiger partial charge in [-0.15, -0.1) is 0 Å². The van der Waals surface area contributed by atoms with Crippen LogP contribution >= 0.6 is 0 Å². The number of carbonyl (C=O) groups is 1. The van der Waals surface area contributed by atoms with E-state index in [4.69, 9.17) is 14.6 Å². The van der Waals surface area contributed by atoms with Gasteiger partial charge >= 0.3 is 6.09 Å². The second-order valence-electron chi connectivity index (χ2n) is 5.40. The van der Waals surface area contributed by atoms with E-state index in [0.717, 1.165) is 23.1 Å². The monoisotopic (exact) mass is 302 g/mol. The van der Waals surface area contributed by atoms with Gasteiger partial charge in [-0.2, -0.15) is 0 Å². The molecule has 1 amide bonds. The van der Waals surface area contributed by atoms with Gasteiger partial charge in [0.25, 0.3) is 0 Å². The number of methoxy groups -OCH3 is 1. The fourth-order valence-electron chi connectivity index (χ4n) is 2.63. The summed E-state index contributed by atoms with van der Waals surface area (Å²) in [5, 5.41) is 9.96. The van der Waals surface area contributed by atoms with Crippen molar-refractivity contribution in [2.24, 2.45) is 5.92 Å². The maximum Gasteiger partial charge on any atom is 0.407 e. The fraction of sp³-hybridized carbons (Fsp3) is 0.375. The summed E-state index contributed by atoms with van der Waals surface area (Å²) in [6.07, 6.45) is -0.0355. The number of hydrogen-bond donors (Lipinski definition) is 1. The highest BCUT2D eigenvalue weighted by molar-refractivity contribution is 5.80. The Morgan fingerprint density at radius 2 is 2.23 bits per heavy atom. The zero-order valence-electron chi connectivity index (χ0n) is 12.4. The van der Waals surface area contributed by atoms with Crippen molar-refractivity contribution in [1.82, 2.24) is 9.88 Å². The molecule has 1 fully saturated rings. The van der Waals surface area contributed by atoms with E-state index < -0.39 is 6.09 Å². The van der Waals surface area contributed by atoms with Crippen LogP contribution in [-0.4, -0.2) is 47.9 Å². The molecule has 0 aliphatic carbocycles. The normalized spacial score (nSPS) is 17.7. The van der Waals surface area contributed by atoms with Gasteiger partial charge in [0.05, 0.1) is 19.2 Å². The van der Waals surface area contributed by atoms with Crippen molar-refractivity contribution in [1.29, 1.82) is 0 Å². The van der Waals surface area contributed by atoms with Crippen LogP contribution in [0.5, 0.6) is 11.6 Å². The van der Waals surface area contributed by atoms with Crippen LogP contribution in [0.3, 0.4) is 0 Å². The smallest absolute Gasteiger partial charge is 0.407 e. The third-order valence-electron chi connectivity index (χ3n) is 3.90. The molecule has 1 N–H and O–H groups in total. The van der Waals surface area contributed by atoms with E-state index in [1.165, 1.54) is 4.90 Å². The Morgan fingerprint density at radius 3 is 2.95 bits per heavy atom. The molecule has 0 radical (unpaired) electrons. The average molecular weight is 302 g/mol. The number of hydrogen-bond acceptors (Lipinski definition) is 4. The standard InChI is InChI=1S/C16H18N2O4/c1-21-13-4-2-12-3-5-15(17-14(12)8-13)22-10-11-6-7-18(9-11)16(19)20/h2-5,8,11H,6-7,9-10H2,1H3,(H,19,20)/t11-/m1/s1. The van der Waals surface area contributed by atoms with E-state index in [1.54, 1.807) is 7.11 Å². The molecule has 116 valence electrons. The lowest BCUT2D eigenvalue weighted by Crippen LogP contribution is -2.27. The number of amides is 1. The number of carboxylic acid groups (broad SMARTS) is 1. The van der Waals surface area contributed by atoms with Gasteiger partial charge in [0.2, 0.25) is 5.88 Å². The molecule has 1 aromatic heterocycles. The molecule has 3 rings (SSSR count). The number of fused-ring (bicyclic) bond motifs is 1. The first-order chi connectivity index (χ1) is 10.7. The molecule has 2 aromatic rings. The third kappa shape index (κ3) is 3.05. The zero-order valence-corrected chi connectivity index (χ0v) is 12.4. The van der Waals surface area contributed by atoms with Crippen molar-refractivity contribution in [3.8, 4) is 11.6 Å². The van der Waals surface area contributed by atoms with E-state index in [-0.39, 0.29) is 5.92 Å². The summed E-state index contributed by atoms with van der Waals surface area (Å²) in [6, 6.07) is 9.49. The van der Waals surface area contributed by atoms with Crippen LogP contribution in [0.1, 0.15) is 6.42 Å². The summed E-state index contributed by atoms with van der Waals surface area (Å²) in [7, 11) is 1.62. The van der Waals surface area contributed by atoms with Gasteiger partial charge in [-0.05, 0) is 24.6 Å². The number of aromatic nitrogens is 1. The van der Waals surface area contributed by atoms with Gasteiger partial charge < -0.3 is 19.5 Å². The first kappa shape index (κ1) is 14.4. The molecule has 1 atom stereocenters. The molecule has 0 saturated carbocycles. The maximum atomic E-state index is 10.9. The van der Waals surface area contributed by atoms with Gasteiger partial charge in [-0.1, -0.05) is 0 Å². The Bertz CT molecular complexity index is 689. The van der Waals surface area contributed by atoms with E-state index in [9.17, 15) is 4.79 Å². The SMILES string of the molecule is COc1ccc2ccc(OC[C@@H]3CCN(C(=O)O)C3)nc2c1. The van der Waals surface area contributed by atoms with E-state index in [1.807, 2.05) is 30.3 Å². The average Bonchev–Trinajstić information content (AvgIpc) is 3.01. The van der Waals surface area contributed by atoms with E-state index >= 15 is 0 Å². The van der Waals surface area contributed by atoms with Crippen LogP contribution in [0.15, 0.2) is 30.3 Å². The summed E-state index contributed by atoms with van der Waals surface area (Å²) in [6.45, 7) is 1.58. The predicted molar refractivity (Wildman–Crippen MR) is 81.5 cm³/mol. The number of ether oxygens (including phenoxy) is 2. The molecular weight excluding hydrogens is 284 g/mol. The molecule has 1 saturated heterocycles. The van der Waals surface area contributed by atoms with Crippen molar-refractivity contribution in [3.63, 3.8) is 0 Å². The minimum Gasteiger partial charge on any atom is -0.497 e. The summed E-state index contributed by atoms with van der Waals surface area (Å²) >= 11 is 0. The van der Waals surface area contributed by atoms with Crippen LogP contribution in [0, 0.1) is 5.92 Å². The Morgan fingerprint density at radius 1 is 1.41 bits per heavy atom. The molecule has 2 heterocycles. The zero-order chi connectivity index (χ0) is 15.5. The maximum absolute atomic E-state index is 10.9. The highest BCUT2D eigenvalue weighted by Gasteiger charge is 2.26. The second kappa shape index (κ2) is 6.09. The highest BCUT2D eigenvalue weighted by atomic mass is 16.5. The number of rotatable bonds is 4. The first-order valence-corrected chi connectivity index (χ1v) is 7.21. The van der Waals surface area contributed by atoms with Crippen molar-refractivity contribution < 1.29 is 19.4 Å². The molecular formula is C16H18N2O4. The summed E-state index contributed by atoms with van der Waals surface area (Å²) < 4.78 is 10.9. The number of nitrogens with zero attached hydrogens (tertiary/aromatic N) is 2. The Labute approximate surface area is 128 Å². The first-order valence-electron chi connectivity index (χ1n) is 7.21. The predicted octanol–water partition coefficient (Wildman–Crippen LogP) is 2.62. The summed E-state index contributed by atoms with van der Waals surface area (Å²) in [5.74, 6) is 1.53. The molecule has 0 spiro atoms. The van der Waals surface area contributed by atoms with Crippen molar-refractivity contribution >= 4 is 17.0 Å². The molecule has 22 heavy (non-hydrogen) atoms. The molecule has 1 aliphatic heterocycles. The van der Waals surface area contributed by atoms with Crippen LogP contribution in [-0.2, 0) is 0 Å². The van der Waals surface area contributed by atoms with Crippen LogP contribution in [0.2, 0.25) is 0 Å². The van der Waals surface area contributed by atoms with Gasteiger partial charge in [0.1, 0.15) is 5.75 Å². The minimum absolute atomic E-state index is 0.221. The van der Waals surface area contributed by atoms with Gasteiger partial charge in [-0.25, -0.2) is 9.78 Å². The minimum atomic E-state index is -0.863. The van der Waals surface area contributed by atoms with Crippen molar-refractivity contribution in [3.05, 3.63) is 30.3 Å². The quantitative estimate of drug-likeness (QED) is 0.940. The topological polar surface area (TPSA) is 71.9 Å². The third-order valence-corrected chi connectivity index (χ3v) is 3.90. The van der Waals surface area contributed by atoms with Crippen molar-refractivity contribution in [2.75, 3.05) is 26.8 Å². The summed E-state index contributed by atoms with van der Waals surface area (Å²) in [4.78, 5) is 16.8. The van der Waals surface area contributed by atoms with Gasteiger partial charge in [0, 0.05) is 36.5 Å². The molecule has 0 bridgehead atoms. The van der Waals surface area contributed by atoms with E-state index in [2.05, 4.69) is 4.98 Å². The lowest BCUT2D eigenvalue weighted by Gasteiger charge is -2.13. The molecule has 0 unspecified atom stereocenters. The highest BCUT2D eigenvalue weighted by Crippen LogP contribution is 2.23. The van der Waals surface area contributed by atoms with Crippen LogP contribution in [0.25, 0.3) is 10.9 Å². The van der Waals surface area contributed by atoms with Gasteiger partial charge in [0.15, 0.2) is 0 Å². The number of pyridine rings is 1. The Hall–Kier alpha value is -2.50. The number of likely N-dealkylation sites (tertiary alicyclic amines) is 1. The second-order valence-corrected chi connectivity index (χ2v) is 5.40. The Balaban J connectivity index is 1.65. The van der Waals surface area contributed by atoms with Gasteiger partial charge in [-0.3, -0.25) is 0 Å². The molecule has 1 aliphatic rings. The summed E-state index contributed by atoms with van der Waals surface area (Å²) in [5.41, 5.74) is 0.815. The van der Waals surface area contributed by atoms with E-state index in [0.29, 0.717) is 25.6 Å². The van der Waals surface area contributed by atoms with Crippen LogP contribution < -0.4 is 9.47 Å². The molecule has 6 nitrogen and oxygen atoms in total. The molecule has 1 aromatic carbocycles.